The van der Waals surface area contributed by atoms with Crippen LogP contribution in [0, 0.1) is 0 Å². The van der Waals surface area contributed by atoms with E-state index in [0.717, 1.165) is 0 Å². The van der Waals surface area contributed by atoms with Crippen LogP contribution in [-0.4, -0.2) is 43.1 Å². The average molecular weight is 436 g/mol. The highest BCUT2D eigenvalue weighted by Gasteiger charge is 2.32. The molecule has 0 spiro atoms. The minimum absolute atomic E-state index is 0.0653. The molecular formula is C20H19F3N4O4. The number of aryl methyl sites for hydroxylation is 1. The normalized spacial score (nSPS) is 13.5. The molecule has 3 aromatic rings. The number of nitrogens with zero attached hydrogens (tertiary/aromatic N) is 3. The summed E-state index contributed by atoms with van der Waals surface area (Å²) in [5.41, 5.74) is 0.988. The second-order valence-corrected chi connectivity index (χ2v) is 6.59. The topological polar surface area (TPSA) is 110 Å². The summed E-state index contributed by atoms with van der Waals surface area (Å²) in [5, 5.41) is 22.6. The SMILES string of the molecule is Cn1ccnc1[C@H](O)[C@@H](O)C(=O)NCc1ccc(-c2ccccc2OC(F)(F)F)cn1. The number of aliphatic hydroxyl groups is 2. The maximum absolute atomic E-state index is 12.6. The fourth-order valence-electron chi connectivity index (χ4n) is 2.84. The highest BCUT2D eigenvalue weighted by atomic mass is 19.4. The van der Waals surface area contributed by atoms with Crippen molar-refractivity contribution < 1.29 is 32.9 Å². The molecule has 2 atom stereocenters. The number of halogens is 3. The van der Waals surface area contributed by atoms with E-state index in [1.165, 1.54) is 47.3 Å². The summed E-state index contributed by atoms with van der Waals surface area (Å²) < 4.78 is 43.3. The Balaban J connectivity index is 1.64. The van der Waals surface area contributed by atoms with E-state index in [0.29, 0.717) is 11.3 Å². The first-order valence-electron chi connectivity index (χ1n) is 9.07. The molecule has 3 N–H and O–H groups in total. The standard InChI is InChI=1S/C20H19F3N4O4/c1-27-9-8-24-18(27)16(28)17(29)19(30)26-11-13-7-6-12(10-25-13)14-4-2-3-5-15(14)31-20(21,22)23/h2-10,16-17,28-29H,11H2,1H3,(H,26,30)/t16-,17-/m1/s1. The van der Waals surface area contributed by atoms with Gasteiger partial charge in [0.05, 0.1) is 12.2 Å². The first-order valence-corrected chi connectivity index (χ1v) is 9.07. The Morgan fingerprint density at radius 1 is 1.19 bits per heavy atom. The molecule has 0 bridgehead atoms. The molecule has 0 fully saturated rings. The van der Waals surface area contributed by atoms with Crippen LogP contribution in [0.5, 0.6) is 5.75 Å². The first kappa shape index (κ1) is 22.2. The van der Waals surface area contributed by atoms with Crippen molar-refractivity contribution in [2.45, 2.75) is 25.1 Å². The zero-order chi connectivity index (χ0) is 22.6. The molecule has 0 radical (unpaired) electrons. The van der Waals surface area contributed by atoms with E-state index in [9.17, 15) is 28.2 Å². The van der Waals surface area contributed by atoms with Gasteiger partial charge in [-0.05, 0) is 12.1 Å². The van der Waals surface area contributed by atoms with Crippen molar-refractivity contribution in [1.29, 1.82) is 0 Å². The number of amides is 1. The zero-order valence-corrected chi connectivity index (χ0v) is 16.2. The monoisotopic (exact) mass is 436 g/mol. The minimum Gasteiger partial charge on any atom is -0.405 e. The van der Waals surface area contributed by atoms with Crippen molar-refractivity contribution in [3.05, 3.63) is 66.5 Å². The summed E-state index contributed by atoms with van der Waals surface area (Å²) in [6, 6.07) is 8.71. The number of alkyl halides is 3. The predicted octanol–water partition coefficient (Wildman–Crippen LogP) is 2.09. The number of pyridine rings is 1. The van der Waals surface area contributed by atoms with Crippen molar-refractivity contribution in [2.75, 3.05) is 0 Å². The second kappa shape index (κ2) is 9.14. The number of para-hydroxylation sites is 1. The number of hydrogen-bond donors (Lipinski definition) is 3. The lowest BCUT2D eigenvalue weighted by Gasteiger charge is -2.17. The van der Waals surface area contributed by atoms with Crippen LogP contribution in [0.1, 0.15) is 17.6 Å². The number of carbonyl (C=O) groups excluding carboxylic acids is 1. The lowest BCUT2D eigenvalue weighted by molar-refractivity contribution is -0.274. The van der Waals surface area contributed by atoms with Gasteiger partial charge in [0.15, 0.2) is 6.10 Å². The number of rotatable bonds is 7. The molecule has 0 aliphatic rings. The van der Waals surface area contributed by atoms with Gasteiger partial charge in [0, 0.05) is 36.8 Å². The second-order valence-electron chi connectivity index (χ2n) is 6.59. The number of aromatic nitrogens is 3. The third-order valence-electron chi connectivity index (χ3n) is 4.38. The Morgan fingerprint density at radius 2 is 1.94 bits per heavy atom. The lowest BCUT2D eigenvalue weighted by Crippen LogP contribution is -2.39. The van der Waals surface area contributed by atoms with Crippen LogP contribution in [0.15, 0.2) is 55.0 Å². The summed E-state index contributed by atoms with van der Waals surface area (Å²) in [7, 11) is 1.61. The van der Waals surface area contributed by atoms with Crippen LogP contribution in [0.3, 0.4) is 0 Å². The smallest absolute Gasteiger partial charge is 0.405 e. The summed E-state index contributed by atoms with van der Waals surface area (Å²) in [6.07, 6.45) is -3.75. The third-order valence-corrected chi connectivity index (χ3v) is 4.38. The molecule has 31 heavy (non-hydrogen) atoms. The van der Waals surface area contributed by atoms with E-state index >= 15 is 0 Å². The Hall–Kier alpha value is -3.44. The maximum Gasteiger partial charge on any atom is 0.573 e. The van der Waals surface area contributed by atoms with E-state index in [1.807, 2.05) is 0 Å². The molecular weight excluding hydrogens is 417 g/mol. The average Bonchev–Trinajstić information content (AvgIpc) is 3.16. The predicted molar refractivity (Wildman–Crippen MR) is 102 cm³/mol. The molecule has 3 rings (SSSR count). The van der Waals surface area contributed by atoms with Crippen molar-refractivity contribution in [3.63, 3.8) is 0 Å². The molecule has 164 valence electrons. The fourth-order valence-corrected chi connectivity index (χ4v) is 2.84. The van der Waals surface area contributed by atoms with Crippen molar-refractivity contribution in [3.8, 4) is 16.9 Å². The van der Waals surface area contributed by atoms with Gasteiger partial charge in [-0.25, -0.2) is 4.98 Å². The molecule has 2 heterocycles. The lowest BCUT2D eigenvalue weighted by atomic mass is 10.1. The van der Waals surface area contributed by atoms with E-state index in [-0.39, 0.29) is 23.7 Å². The number of carbonyl (C=O) groups is 1. The van der Waals surface area contributed by atoms with Crippen LogP contribution in [0.25, 0.3) is 11.1 Å². The molecule has 1 aromatic carbocycles. The van der Waals surface area contributed by atoms with E-state index in [2.05, 4.69) is 20.0 Å². The Labute approximate surface area is 175 Å². The number of hydrogen-bond acceptors (Lipinski definition) is 6. The largest absolute Gasteiger partial charge is 0.573 e. The van der Waals surface area contributed by atoms with Crippen molar-refractivity contribution >= 4 is 5.91 Å². The number of aliphatic hydroxyl groups excluding tert-OH is 2. The minimum atomic E-state index is -4.83. The molecule has 8 nitrogen and oxygen atoms in total. The molecule has 0 unspecified atom stereocenters. The Morgan fingerprint density at radius 3 is 2.55 bits per heavy atom. The summed E-state index contributed by atoms with van der Waals surface area (Å²) in [5.74, 6) is -1.06. The first-order chi connectivity index (χ1) is 14.7. The fraction of sp³-hybridized carbons (Fsp3) is 0.250. The van der Waals surface area contributed by atoms with E-state index < -0.39 is 24.5 Å². The van der Waals surface area contributed by atoms with E-state index in [4.69, 9.17) is 0 Å². The van der Waals surface area contributed by atoms with Gasteiger partial charge in [-0.2, -0.15) is 0 Å². The highest BCUT2D eigenvalue weighted by molar-refractivity contribution is 5.81. The van der Waals surface area contributed by atoms with Gasteiger partial charge in [-0.15, -0.1) is 13.2 Å². The molecule has 0 saturated carbocycles. The highest BCUT2D eigenvalue weighted by Crippen LogP contribution is 2.33. The van der Waals surface area contributed by atoms with Gasteiger partial charge in [0.25, 0.3) is 5.91 Å². The number of ether oxygens (including phenoxy) is 1. The van der Waals surface area contributed by atoms with E-state index in [1.54, 1.807) is 19.3 Å². The van der Waals surface area contributed by atoms with Crippen molar-refractivity contribution in [1.82, 2.24) is 19.9 Å². The third kappa shape index (κ3) is 5.58. The van der Waals surface area contributed by atoms with Crippen LogP contribution in [0.2, 0.25) is 0 Å². The summed E-state index contributed by atoms with van der Waals surface area (Å²) >= 11 is 0. The van der Waals surface area contributed by atoms with Gasteiger partial charge in [-0.1, -0.05) is 24.3 Å². The molecule has 1 amide bonds. The molecule has 2 aromatic heterocycles. The Bertz CT molecular complexity index is 1040. The van der Waals surface area contributed by atoms with Crippen LogP contribution < -0.4 is 10.1 Å². The molecule has 0 aliphatic carbocycles. The van der Waals surface area contributed by atoms with Gasteiger partial charge in [0.2, 0.25) is 0 Å². The van der Waals surface area contributed by atoms with Gasteiger partial charge in [-0.3, -0.25) is 9.78 Å². The molecule has 0 saturated heterocycles. The summed E-state index contributed by atoms with van der Waals surface area (Å²) in [4.78, 5) is 20.1. The van der Waals surface area contributed by atoms with Gasteiger partial charge in [0.1, 0.15) is 17.7 Å². The number of imidazole rings is 1. The zero-order valence-electron chi connectivity index (χ0n) is 16.2. The number of benzene rings is 1. The summed E-state index contributed by atoms with van der Waals surface area (Å²) in [6.45, 7) is -0.0653. The molecule has 11 heteroatoms. The van der Waals surface area contributed by atoms with Gasteiger partial charge >= 0.3 is 6.36 Å². The quantitative estimate of drug-likeness (QED) is 0.523. The van der Waals surface area contributed by atoms with Crippen LogP contribution in [-0.2, 0) is 18.4 Å². The maximum atomic E-state index is 12.6. The Kier molecular flexibility index (Phi) is 6.56. The van der Waals surface area contributed by atoms with Crippen LogP contribution in [0.4, 0.5) is 13.2 Å². The molecule has 0 aliphatic heterocycles. The number of nitrogens with one attached hydrogen (secondary N) is 1. The van der Waals surface area contributed by atoms with Crippen molar-refractivity contribution in [2.24, 2.45) is 7.05 Å². The van der Waals surface area contributed by atoms with Crippen LogP contribution >= 0.6 is 0 Å². The van der Waals surface area contributed by atoms with Gasteiger partial charge < -0.3 is 24.8 Å².